The predicted octanol–water partition coefficient (Wildman–Crippen LogP) is 0.691. The van der Waals surface area contributed by atoms with Gasteiger partial charge in [-0.2, -0.15) is 5.10 Å². The minimum atomic E-state index is -0.297. The van der Waals surface area contributed by atoms with Crippen LogP contribution in [0.15, 0.2) is 27.8 Å². The third-order valence-corrected chi connectivity index (χ3v) is 4.36. The first-order chi connectivity index (χ1) is 11.1. The van der Waals surface area contributed by atoms with Gasteiger partial charge in [-0.05, 0) is 45.8 Å². The molecule has 0 unspecified atom stereocenters. The molecule has 0 atom stereocenters. The second-order valence-corrected chi connectivity index (χ2v) is 6.53. The van der Waals surface area contributed by atoms with Crippen LogP contribution in [0, 0.1) is 5.82 Å². The summed E-state index contributed by atoms with van der Waals surface area (Å²) in [5.41, 5.74) is 3.54. The summed E-state index contributed by atoms with van der Waals surface area (Å²) in [6, 6.07) is 4.69. The molecular formula is C15H21BrFN4OS+. The second kappa shape index (κ2) is 9.92. The summed E-state index contributed by atoms with van der Waals surface area (Å²) in [7, 11) is 0. The Labute approximate surface area is 149 Å². The van der Waals surface area contributed by atoms with Crippen molar-refractivity contribution in [3.8, 4) is 0 Å². The number of quaternary nitrogens is 1. The predicted molar refractivity (Wildman–Crippen MR) is 96.4 cm³/mol. The van der Waals surface area contributed by atoms with Gasteiger partial charge in [0, 0.05) is 13.0 Å². The van der Waals surface area contributed by atoms with E-state index >= 15 is 0 Å². The number of halogens is 2. The Morgan fingerprint density at radius 3 is 2.96 bits per heavy atom. The molecule has 0 radical (unpaired) electrons. The smallest absolute Gasteiger partial charge is 0.186 e. The first kappa shape index (κ1) is 18.3. The van der Waals surface area contributed by atoms with Gasteiger partial charge in [0.2, 0.25) is 0 Å². The fraction of sp³-hybridized carbons (Fsp3) is 0.467. The summed E-state index contributed by atoms with van der Waals surface area (Å²) in [6.07, 6.45) is 2.64. The van der Waals surface area contributed by atoms with E-state index in [4.69, 9.17) is 17.0 Å². The van der Waals surface area contributed by atoms with Crippen LogP contribution in [-0.2, 0) is 4.74 Å². The molecule has 2 rings (SSSR count). The molecule has 0 spiro atoms. The number of nitrogens with one attached hydrogen (secondary N) is 3. The number of nitrogens with zero attached hydrogens (tertiary/aromatic N) is 1. The molecule has 1 aliphatic rings. The monoisotopic (exact) mass is 403 g/mol. The highest BCUT2D eigenvalue weighted by atomic mass is 79.9. The van der Waals surface area contributed by atoms with E-state index < -0.39 is 0 Å². The summed E-state index contributed by atoms with van der Waals surface area (Å²) >= 11 is 8.29. The number of morpholine rings is 1. The van der Waals surface area contributed by atoms with Crippen LogP contribution in [0.3, 0.4) is 0 Å². The Kier molecular flexibility index (Phi) is 7.87. The highest BCUT2D eigenvalue weighted by Crippen LogP contribution is 2.15. The molecule has 0 aliphatic carbocycles. The molecule has 1 saturated heterocycles. The number of benzene rings is 1. The third-order valence-electron chi connectivity index (χ3n) is 3.52. The van der Waals surface area contributed by atoms with Crippen molar-refractivity contribution >= 4 is 39.5 Å². The first-order valence-corrected chi connectivity index (χ1v) is 8.78. The summed E-state index contributed by atoms with van der Waals surface area (Å²) in [5, 5.41) is 7.64. The molecule has 1 aromatic rings. The van der Waals surface area contributed by atoms with E-state index in [0.29, 0.717) is 9.59 Å². The number of hydrogen-bond donors (Lipinski definition) is 3. The second-order valence-electron chi connectivity index (χ2n) is 5.27. The zero-order valence-electron chi connectivity index (χ0n) is 12.8. The molecule has 1 aliphatic heterocycles. The van der Waals surface area contributed by atoms with Gasteiger partial charge in [-0.3, -0.25) is 5.43 Å². The summed E-state index contributed by atoms with van der Waals surface area (Å²) in [6.45, 7) is 5.81. The molecule has 1 fully saturated rings. The third kappa shape index (κ3) is 6.90. The molecule has 1 aromatic carbocycles. The highest BCUT2D eigenvalue weighted by Gasteiger charge is 2.12. The van der Waals surface area contributed by atoms with Crippen molar-refractivity contribution < 1.29 is 14.0 Å². The lowest BCUT2D eigenvalue weighted by Gasteiger charge is -2.23. The van der Waals surface area contributed by atoms with E-state index in [1.165, 1.54) is 6.07 Å². The van der Waals surface area contributed by atoms with Crippen LogP contribution in [0.1, 0.15) is 12.0 Å². The molecule has 23 heavy (non-hydrogen) atoms. The molecule has 0 aromatic heterocycles. The van der Waals surface area contributed by atoms with Gasteiger partial charge in [0.1, 0.15) is 18.9 Å². The lowest BCUT2D eigenvalue weighted by Crippen LogP contribution is -3.14. The maximum atomic E-state index is 13.1. The Hall–Kier alpha value is -1.09. The van der Waals surface area contributed by atoms with Crippen LogP contribution < -0.4 is 15.6 Å². The van der Waals surface area contributed by atoms with Gasteiger partial charge in [-0.1, -0.05) is 6.07 Å². The van der Waals surface area contributed by atoms with Crippen LogP contribution in [0.2, 0.25) is 0 Å². The van der Waals surface area contributed by atoms with Gasteiger partial charge in [0.15, 0.2) is 5.11 Å². The quantitative estimate of drug-likeness (QED) is 0.283. The number of hydrogen-bond acceptors (Lipinski definition) is 3. The van der Waals surface area contributed by atoms with Crippen LogP contribution in [0.5, 0.6) is 0 Å². The molecule has 5 nitrogen and oxygen atoms in total. The Morgan fingerprint density at radius 1 is 1.43 bits per heavy atom. The van der Waals surface area contributed by atoms with E-state index in [-0.39, 0.29) is 5.82 Å². The van der Waals surface area contributed by atoms with E-state index in [1.54, 1.807) is 23.2 Å². The SMILES string of the molecule is Fc1ccc(/C=N\NC(=S)NCCC[NH+]2CCOCC2)cc1Br. The van der Waals surface area contributed by atoms with E-state index in [2.05, 4.69) is 31.8 Å². The average Bonchev–Trinajstić information content (AvgIpc) is 2.56. The van der Waals surface area contributed by atoms with Crippen LogP contribution in [0.4, 0.5) is 4.39 Å². The molecule has 126 valence electrons. The van der Waals surface area contributed by atoms with Gasteiger partial charge in [0.05, 0.1) is 30.4 Å². The van der Waals surface area contributed by atoms with E-state index in [9.17, 15) is 4.39 Å². The molecule has 0 saturated carbocycles. The van der Waals surface area contributed by atoms with Crippen molar-refractivity contribution in [3.63, 3.8) is 0 Å². The lowest BCUT2D eigenvalue weighted by molar-refractivity contribution is -0.908. The standard InChI is InChI=1S/C15H20BrFN4OS/c16-13-10-12(2-3-14(13)17)11-19-20-15(23)18-4-1-5-21-6-8-22-9-7-21/h2-3,10-11H,1,4-9H2,(H2,18,20,23)/p+1/b19-11-. The topological polar surface area (TPSA) is 50.1 Å². The Balaban J connectivity index is 1.60. The molecule has 0 amide bonds. The fourth-order valence-electron chi connectivity index (χ4n) is 2.25. The molecule has 1 heterocycles. The minimum absolute atomic E-state index is 0.297. The minimum Gasteiger partial charge on any atom is -0.370 e. The summed E-state index contributed by atoms with van der Waals surface area (Å²) < 4.78 is 18.9. The molecule has 8 heteroatoms. The number of thiocarbonyl (C=S) groups is 1. The van der Waals surface area contributed by atoms with Crippen molar-refractivity contribution in [2.24, 2.45) is 5.10 Å². The van der Waals surface area contributed by atoms with Crippen LogP contribution in [0.25, 0.3) is 0 Å². The number of ether oxygens (including phenoxy) is 1. The molecule has 3 N–H and O–H groups in total. The van der Waals surface area contributed by atoms with E-state index in [0.717, 1.165) is 51.4 Å². The maximum Gasteiger partial charge on any atom is 0.186 e. The average molecular weight is 404 g/mol. The molecular weight excluding hydrogens is 383 g/mol. The zero-order chi connectivity index (χ0) is 16.5. The highest BCUT2D eigenvalue weighted by molar-refractivity contribution is 9.10. The van der Waals surface area contributed by atoms with Gasteiger partial charge >= 0.3 is 0 Å². The summed E-state index contributed by atoms with van der Waals surface area (Å²) in [5.74, 6) is -0.297. The maximum absolute atomic E-state index is 13.1. The van der Waals surface area contributed by atoms with Gasteiger partial charge in [-0.25, -0.2) is 4.39 Å². The fourth-order valence-corrected chi connectivity index (χ4v) is 2.80. The lowest BCUT2D eigenvalue weighted by atomic mass is 10.2. The Bertz CT molecular complexity index is 552. The number of rotatable bonds is 6. The van der Waals surface area contributed by atoms with Crippen LogP contribution >= 0.6 is 28.1 Å². The van der Waals surface area contributed by atoms with Crippen LogP contribution in [-0.4, -0.2) is 50.7 Å². The normalized spacial score (nSPS) is 15.7. The van der Waals surface area contributed by atoms with E-state index in [1.807, 2.05) is 0 Å². The van der Waals surface area contributed by atoms with Gasteiger partial charge in [0.25, 0.3) is 0 Å². The largest absolute Gasteiger partial charge is 0.370 e. The van der Waals surface area contributed by atoms with Gasteiger partial charge < -0.3 is 15.0 Å². The van der Waals surface area contributed by atoms with Crippen molar-refractivity contribution in [2.45, 2.75) is 6.42 Å². The number of hydrazone groups is 1. The zero-order valence-corrected chi connectivity index (χ0v) is 15.2. The van der Waals surface area contributed by atoms with Crippen molar-refractivity contribution in [1.82, 2.24) is 10.7 Å². The first-order valence-electron chi connectivity index (χ1n) is 7.58. The molecule has 0 bridgehead atoms. The van der Waals surface area contributed by atoms with Gasteiger partial charge in [-0.15, -0.1) is 0 Å². The van der Waals surface area contributed by atoms with Crippen molar-refractivity contribution in [1.29, 1.82) is 0 Å². The van der Waals surface area contributed by atoms with Crippen molar-refractivity contribution in [2.75, 3.05) is 39.4 Å². The van der Waals surface area contributed by atoms with Crippen molar-refractivity contribution in [3.05, 3.63) is 34.1 Å². The Morgan fingerprint density at radius 2 is 2.22 bits per heavy atom. The summed E-state index contributed by atoms with van der Waals surface area (Å²) in [4.78, 5) is 1.58.